The molecule has 3 aromatic rings. The normalized spacial score (nSPS) is 25.2. The number of nitrogens with one attached hydrogen (secondary N) is 1. The van der Waals surface area contributed by atoms with Crippen LogP contribution in [-0.4, -0.2) is 67.0 Å². The number of halogens is 2. The molecule has 2 atom stereocenters. The third-order valence-electron chi connectivity index (χ3n) is 6.61. The largest absolute Gasteiger partial charge is 0.375 e. The molecule has 1 aromatic carbocycles. The second-order valence-electron chi connectivity index (χ2n) is 8.75. The van der Waals surface area contributed by atoms with Gasteiger partial charge in [0.1, 0.15) is 0 Å². The van der Waals surface area contributed by atoms with E-state index in [0.717, 1.165) is 11.0 Å². The topological polar surface area (TPSA) is 78.5 Å². The molecule has 32 heavy (non-hydrogen) atoms. The maximum atomic E-state index is 14.0. The predicted octanol–water partition coefficient (Wildman–Crippen LogP) is 3.24. The third-order valence-corrected chi connectivity index (χ3v) is 8.53. The second-order valence-corrected chi connectivity index (χ2v) is 10.6. The van der Waals surface area contributed by atoms with E-state index >= 15 is 0 Å². The number of hydrogen-bond donors (Lipinski definition) is 1. The predicted molar refractivity (Wildman–Crippen MR) is 115 cm³/mol. The van der Waals surface area contributed by atoms with E-state index in [9.17, 15) is 17.2 Å². The van der Waals surface area contributed by atoms with Gasteiger partial charge >= 0.3 is 0 Å². The molecule has 5 heterocycles. The van der Waals surface area contributed by atoms with Crippen LogP contribution in [0.2, 0.25) is 0 Å². The van der Waals surface area contributed by atoms with E-state index in [-0.39, 0.29) is 30.0 Å². The molecule has 0 saturated carbocycles. The fraction of sp³-hybridized carbons (Fsp3) is 0.409. The van der Waals surface area contributed by atoms with Crippen LogP contribution in [0.3, 0.4) is 0 Å². The number of alkyl halides is 2. The van der Waals surface area contributed by atoms with Crippen molar-refractivity contribution in [3.05, 3.63) is 42.6 Å². The molecule has 0 unspecified atom stereocenters. The summed E-state index contributed by atoms with van der Waals surface area (Å²) in [5, 5.41) is 0. The Kier molecular flexibility index (Phi) is 4.37. The molecule has 3 fully saturated rings. The Hall–Kier alpha value is -2.56. The molecule has 0 aliphatic carbocycles. The number of anilines is 1. The minimum Gasteiger partial charge on any atom is -0.375 e. The number of ether oxygens (including phenoxy) is 1. The Bertz CT molecular complexity index is 1280. The molecule has 10 heteroatoms. The Morgan fingerprint density at radius 2 is 2.09 bits per heavy atom. The first-order chi connectivity index (χ1) is 15.3. The average Bonchev–Trinajstić information content (AvgIpc) is 3.56. The van der Waals surface area contributed by atoms with Crippen LogP contribution < -0.4 is 4.90 Å². The fourth-order valence-corrected chi connectivity index (χ4v) is 6.68. The summed E-state index contributed by atoms with van der Waals surface area (Å²) in [5.74, 6) is -2.77. The first-order valence-corrected chi connectivity index (χ1v) is 12.1. The molecule has 168 valence electrons. The summed E-state index contributed by atoms with van der Waals surface area (Å²) in [5.41, 5.74) is 3.32. The lowest BCUT2D eigenvalue weighted by Gasteiger charge is -2.27. The zero-order valence-corrected chi connectivity index (χ0v) is 18.0. The summed E-state index contributed by atoms with van der Waals surface area (Å²) in [6.07, 6.45) is 2.10. The number of sulfonamides is 1. The molecular weight excluding hydrogens is 438 g/mol. The number of fused-ring (bicyclic) bond motifs is 3. The second kappa shape index (κ2) is 6.97. The van der Waals surface area contributed by atoms with Gasteiger partial charge in [-0.25, -0.2) is 17.2 Å². The van der Waals surface area contributed by atoms with E-state index in [1.165, 1.54) is 10.4 Å². The van der Waals surface area contributed by atoms with Crippen molar-refractivity contribution in [2.75, 3.05) is 31.1 Å². The van der Waals surface area contributed by atoms with Crippen LogP contribution in [0.25, 0.3) is 22.3 Å². The summed E-state index contributed by atoms with van der Waals surface area (Å²) in [6.45, 7) is 0.569. The van der Waals surface area contributed by atoms with Gasteiger partial charge in [0.15, 0.2) is 0 Å². The highest BCUT2D eigenvalue weighted by Crippen LogP contribution is 2.40. The lowest BCUT2D eigenvalue weighted by molar-refractivity contribution is 0.0257. The maximum absolute atomic E-state index is 14.0. The standard InChI is InChI=1S/C22H22F2N4O3S/c23-22(24)5-7-27(13-22)21-4-3-16(32(29,30)28-11-15-8-14(28)12-31-15)9-17(21)19-10-20-18(26-19)2-1-6-25-20/h1-4,6,9-10,14-15,26H,5,7-8,11-13H2/t14-,15-/m0/s1. The molecule has 0 amide bonds. The van der Waals surface area contributed by atoms with Crippen molar-refractivity contribution in [3.8, 4) is 11.3 Å². The Balaban J connectivity index is 1.46. The van der Waals surface area contributed by atoms with Crippen LogP contribution in [0.15, 0.2) is 47.5 Å². The van der Waals surface area contributed by atoms with Crippen LogP contribution in [0.5, 0.6) is 0 Å². The SMILES string of the molecule is O=S(=O)(c1ccc(N2CCC(F)(F)C2)c(-c2cc3ncccc3[nH]2)c1)N1C[C@@H]2C[C@H]1CO2. The van der Waals surface area contributed by atoms with E-state index in [1.54, 1.807) is 29.3 Å². The number of benzene rings is 1. The van der Waals surface area contributed by atoms with E-state index in [2.05, 4.69) is 9.97 Å². The molecule has 2 aromatic heterocycles. The Labute approximate surface area is 184 Å². The summed E-state index contributed by atoms with van der Waals surface area (Å²) in [4.78, 5) is 9.37. The van der Waals surface area contributed by atoms with Gasteiger partial charge in [-0.15, -0.1) is 0 Å². The minimum atomic E-state index is -3.74. The van der Waals surface area contributed by atoms with Gasteiger partial charge < -0.3 is 14.6 Å². The number of aromatic amines is 1. The highest BCUT2D eigenvalue weighted by molar-refractivity contribution is 7.89. The van der Waals surface area contributed by atoms with Gasteiger partial charge in [-0.3, -0.25) is 4.98 Å². The minimum absolute atomic E-state index is 0.0554. The number of pyridine rings is 1. The van der Waals surface area contributed by atoms with Gasteiger partial charge in [0, 0.05) is 37.0 Å². The van der Waals surface area contributed by atoms with Gasteiger partial charge in [0.2, 0.25) is 10.0 Å². The molecule has 3 aliphatic rings. The first kappa shape index (κ1) is 20.1. The molecule has 6 rings (SSSR count). The molecular formula is C22H22F2N4O3S. The van der Waals surface area contributed by atoms with Crippen molar-refractivity contribution >= 4 is 26.7 Å². The van der Waals surface area contributed by atoms with Crippen LogP contribution in [0.4, 0.5) is 14.5 Å². The number of rotatable bonds is 4. The lowest BCUT2D eigenvalue weighted by atomic mass is 10.1. The first-order valence-electron chi connectivity index (χ1n) is 10.6. The van der Waals surface area contributed by atoms with Gasteiger partial charge in [0.25, 0.3) is 5.92 Å². The van der Waals surface area contributed by atoms with Gasteiger partial charge in [-0.2, -0.15) is 4.31 Å². The Morgan fingerprint density at radius 1 is 1.22 bits per heavy atom. The van der Waals surface area contributed by atoms with Gasteiger partial charge in [0.05, 0.1) is 46.9 Å². The number of H-pyrrole nitrogens is 1. The number of aromatic nitrogens is 2. The summed E-state index contributed by atoms with van der Waals surface area (Å²) in [6, 6.07) is 10.1. The highest BCUT2D eigenvalue weighted by atomic mass is 32.2. The molecule has 0 radical (unpaired) electrons. The number of nitrogens with zero attached hydrogens (tertiary/aromatic N) is 3. The van der Waals surface area contributed by atoms with Crippen molar-refractivity contribution in [1.29, 1.82) is 0 Å². The third kappa shape index (κ3) is 3.20. The Morgan fingerprint density at radius 3 is 2.78 bits per heavy atom. The summed E-state index contributed by atoms with van der Waals surface area (Å²) < 4.78 is 61.9. The number of morpholine rings is 1. The molecule has 3 saturated heterocycles. The van der Waals surface area contributed by atoms with Gasteiger partial charge in [-0.1, -0.05) is 0 Å². The maximum Gasteiger partial charge on any atom is 0.266 e. The van der Waals surface area contributed by atoms with Crippen molar-refractivity contribution < 1.29 is 21.9 Å². The van der Waals surface area contributed by atoms with Crippen molar-refractivity contribution in [1.82, 2.24) is 14.3 Å². The summed E-state index contributed by atoms with van der Waals surface area (Å²) in [7, 11) is -3.74. The quantitative estimate of drug-likeness (QED) is 0.647. The number of hydrogen-bond acceptors (Lipinski definition) is 5. The molecule has 2 bridgehead atoms. The van der Waals surface area contributed by atoms with Crippen LogP contribution in [0.1, 0.15) is 12.8 Å². The lowest BCUT2D eigenvalue weighted by Crippen LogP contribution is -2.41. The molecule has 7 nitrogen and oxygen atoms in total. The zero-order chi connectivity index (χ0) is 22.1. The van der Waals surface area contributed by atoms with Crippen molar-refractivity contribution in [3.63, 3.8) is 0 Å². The monoisotopic (exact) mass is 460 g/mol. The van der Waals surface area contributed by atoms with E-state index in [1.807, 2.05) is 12.1 Å². The molecule has 1 N–H and O–H groups in total. The smallest absolute Gasteiger partial charge is 0.266 e. The highest BCUT2D eigenvalue weighted by Gasteiger charge is 2.46. The van der Waals surface area contributed by atoms with Crippen LogP contribution in [0, 0.1) is 0 Å². The van der Waals surface area contributed by atoms with E-state index in [0.29, 0.717) is 36.5 Å². The fourth-order valence-electron chi connectivity index (χ4n) is 5.00. The van der Waals surface area contributed by atoms with Crippen molar-refractivity contribution in [2.45, 2.75) is 35.8 Å². The van der Waals surface area contributed by atoms with E-state index in [4.69, 9.17) is 4.74 Å². The summed E-state index contributed by atoms with van der Waals surface area (Å²) >= 11 is 0. The zero-order valence-electron chi connectivity index (χ0n) is 17.2. The van der Waals surface area contributed by atoms with Crippen molar-refractivity contribution in [2.24, 2.45) is 0 Å². The van der Waals surface area contributed by atoms with Gasteiger partial charge in [-0.05, 0) is 42.8 Å². The molecule has 0 spiro atoms. The average molecular weight is 461 g/mol. The van der Waals surface area contributed by atoms with Crippen LogP contribution in [-0.2, 0) is 14.8 Å². The van der Waals surface area contributed by atoms with E-state index < -0.39 is 22.5 Å². The van der Waals surface area contributed by atoms with Crippen LogP contribution >= 0.6 is 0 Å². The molecule has 3 aliphatic heterocycles.